The zero-order valence-corrected chi connectivity index (χ0v) is 13.7. The van der Waals surface area contributed by atoms with Gasteiger partial charge in [0.05, 0.1) is 13.2 Å². The zero-order chi connectivity index (χ0) is 17.1. The molecule has 0 aliphatic carbocycles. The molecule has 1 fully saturated rings. The third-order valence-corrected chi connectivity index (χ3v) is 4.21. The number of pyridine rings is 1. The summed E-state index contributed by atoms with van der Waals surface area (Å²) in [5, 5.41) is 3.32. The van der Waals surface area contributed by atoms with Gasteiger partial charge in [-0.15, -0.1) is 0 Å². The van der Waals surface area contributed by atoms with E-state index in [9.17, 15) is 4.79 Å². The van der Waals surface area contributed by atoms with Crippen molar-refractivity contribution in [2.45, 2.75) is 6.54 Å². The molecule has 0 atom stereocenters. The van der Waals surface area contributed by atoms with Crippen molar-refractivity contribution in [3.63, 3.8) is 0 Å². The highest BCUT2D eigenvalue weighted by molar-refractivity contribution is 5.93. The van der Waals surface area contributed by atoms with Crippen LogP contribution in [0.5, 0.6) is 11.5 Å². The van der Waals surface area contributed by atoms with Gasteiger partial charge in [0.25, 0.3) is 5.91 Å². The van der Waals surface area contributed by atoms with Crippen LogP contribution >= 0.6 is 0 Å². The molecule has 1 aromatic heterocycles. The second-order valence-corrected chi connectivity index (χ2v) is 5.88. The Balaban J connectivity index is 1.42. The first kappa shape index (κ1) is 15.7. The summed E-state index contributed by atoms with van der Waals surface area (Å²) in [6, 6.07) is 9.48. The Morgan fingerprint density at radius 3 is 2.84 bits per heavy atom. The summed E-state index contributed by atoms with van der Waals surface area (Å²) in [6.07, 6.45) is 1.65. The fourth-order valence-corrected chi connectivity index (χ4v) is 2.84. The molecule has 3 heterocycles. The molecule has 0 unspecified atom stereocenters. The molecule has 0 radical (unpaired) electrons. The second-order valence-electron chi connectivity index (χ2n) is 5.88. The molecular weight excluding hydrogens is 322 g/mol. The maximum absolute atomic E-state index is 12.5. The Kier molecular flexibility index (Phi) is 4.39. The predicted molar refractivity (Wildman–Crippen MR) is 90.9 cm³/mol. The molecule has 7 nitrogen and oxygen atoms in total. The van der Waals surface area contributed by atoms with Crippen LogP contribution in [0, 0.1) is 0 Å². The smallest absolute Gasteiger partial charge is 0.272 e. The van der Waals surface area contributed by atoms with Crippen molar-refractivity contribution in [1.29, 1.82) is 0 Å². The minimum Gasteiger partial charge on any atom is -0.454 e. The van der Waals surface area contributed by atoms with Crippen molar-refractivity contribution in [1.82, 2.24) is 9.88 Å². The van der Waals surface area contributed by atoms with Gasteiger partial charge < -0.3 is 24.4 Å². The number of morpholine rings is 1. The highest BCUT2D eigenvalue weighted by Crippen LogP contribution is 2.32. The number of carbonyl (C=O) groups excluding carboxylic acids is 1. The molecular formula is C18H19N3O4. The van der Waals surface area contributed by atoms with Crippen LogP contribution in [0.1, 0.15) is 16.1 Å². The highest BCUT2D eigenvalue weighted by Gasteiger charge is 2.19. The van der Waals surface area contributed by atoms with Crippen molar-refractivity contribution in [3.8, 4) is 11.5 Å². The fraction of sp³-hybridized carbons (Fsp3) is 0.333. The van der Waals surface area contributed by atoms with E-state index < -0.39 is 0 Å². The number of anilines is 1. The molecule has 7 heteroatoms. The van der Waals surface area contributed by atoms with Crippen LogP contribution in [0.4, 0.5) is 5.69 Å². The van der Waals surface area contributed by atoms with Crippen LogP contribution in [0.25, 0.3) is 0 Å². The summed E-state index contributed by atoms with van der Waals surface area (Å²) in [4.78, 5) is 18.5. The van der Waals surface area contributed by atoms with Crippen LogP contribution in [-0.4, -0.2) is 48.9 Å². The number of nitrogens with zero attached hydrogens (tertiary/aromatic N) is 2. The summed E-state index contributed by atoms with van der Waals surface area (Å²) in [5.41, 5.74) is 2.36. The second kappa shape index (κ2) is 6.98. The molecule has 2 aliphatic rings. The van der Waals surface area contributed by atoms with Crippen molar-refractivity contribution < 1.29 is 19.0 Å². The van der Waals surface area contributed by atoms with Gasteiger partial charge in [-0.05, 0) is 29.8 Å². The van der Waals surface area contributed by atoms with E-state index in [0.29, 0.717) is 38.5 Å². The van der Waals surface area contributed by atoms with Crippen molar-refractivity contribution in [2.75, 3.05) is 38.4 Å². The number of aromatic nitrogens is 1. The Morgan fingerprint density at radius 1 is 1.12 bits per heavy atom. The van der Waals surface area contributed by atoms with Crippen molar-refractivity contribution >= 4 is 11.6 Å². The standard InChI is InChI=1S/C18H19N3O4/c22-18(21-5-7-23-8-6-21)15-10-14(3-4-19-15)20-11-13-1-2-16-17(9-13)25-12-24-16/h1-4,9-10H,5-8,11-12H2,(H,19,20). The van der Waals surface area contributed by atoms with E-state index in [1.165, 1.54) is 0 Å². The summed E-state index contributed by atoms with van der Waals surface area (Å²) in [6.45, 7) is 3.25. The number of carbonyl (C=O) groups is 1. The Hall–Kier alpha value is -2.80. The van der Waals surface area contributed by atoms with E-state index in [0.717, 1.165) is 22.7 Å². The van der Waals surface area contributed by atoms with E-state index in [2.05, 4.69) is 10.3 Å². The maximum Gasteiger partial charge on any atom is 0.272 e. The summed E-state index contributed by atoms with van der Waals surface area (Å²) < 4.78 is 16.0. The van der Waals surface area contributed by atoms with Gasteiger partial charge in [0.15, 0.2) is 11.5 Å². The Morgan fingerprint density at radius 2 is 1.96 bits per heavy atom. The summed E-state index contributed by atoms with van der Waals surface area (Å²) in [7, 11) is 0. The van der Waals surface area contributed by atoms with E-state index in [4.69, 9.17) is 14.2 Å². The van der Waals surface area contributed by atoms with Gasteiger partial charge in [-0.1, -0.05) is 6.07 Å². The molecule has 1 N–H and O–H groups in total. The number of ether oxygens (including phenoxy) is 3. The molecule has 0 bridgehead atoms. The number of nitrogens with one attached hydrogen (secondary N) is 1. The monoisotopic (exact) mass is 341 g/mol. The van der Waals surface area contributed by atoms with Gasteiger partial charge in [-0.25, -0.2) is 0 Å². The minimum absolute atomic E-state index is 0.0602. The largest absolute Gasteiger partial charge is 0.454 e. The highest BCUT2D eigenvalue weighted by atomic mass is 16.7. The molecule has 1 amide bonds. The minimum atomic E-state index is -0.0602. The quantitative estimate of drug-likeness (QED) is 0.916. The summed E-state index contributed by atoms with van der Waals surface area (Å²) >= 11 is 0. The Labute approximate surface area is 145 Å². The maximum atomic E-state index is 12.5. The normalized spacial score (nSPS) is 15.9. The van der Waals surface area contributed by atoms with Gasteiger partial charge in [-0.3, -0.25) is 9.78 Å². The number of hydrogen-bond acceptors (Lipinski definition) is 6. The number of rotatable bonds is 4. The van der Waals surface area contributed by atoms with Gasteiger partial charge in [-0.2, -0.15) is 0 Å². The average molecular weight is 341 g/mol. The number of fused-ring (bicyclic) bond motifs is 1. The van der Waals surface area contributed by atoms with Crippen LogP contribution in [0.2, 0.25) is 0 Å². The molecule has 2 aromatic rings. The molecule has 0 spiro atoms. The first-order valence-corrected chi connectivity index (χ1v) is 8.25. The van der Waals surface area contributed by atoms with E-state index in [-0.39, 0.29) is 12.7 Å². The van der Waals surface area contributed by atoms with Gasteiger partial charge in [0.2, 0.25) is 6.79 Å². The molecule has 25 heavy (non-hydrogen) atoms. The van der Waals surface area contributed by atoms with Crippen LogP contribution in [0.15, 0.2) is 36.5 Å². The first-order valence-electron chi connectivity index (χ1n) is 8.25. The van der Waals surface area contributed by atoms with Gasteiger partial charge >= 0.3 is 0 Å². The lowest BCUT2D eigenvalue weighted by Crippen LogP contribution is -2.41. The Bertz CT molecular complexity index is 775. The summed E-state index contributed by atoms with van der Waals surface area (Å²) in [5.74, 6) is 1.47. The molecule has 4 rings (SSSR count). The van der Waals surface area contributed by atoms with E-state index in [1.807, 2.05) is 24.3 Å². The van der Waals surface area contributed by atoms with Crippen LogP contribution in [0.3, 0.4) is 0 Å². The lowest BCUT2D eigenvalue weighted by atomic mass is 10.2. The van der Waals surface area contributed by atoms with Crippen molar-refractivity contribution in [2.24, 2.45) is 0 Å². The molecule has 1 saturated heterocycles. The lowest BCUT2D eigenvalue weighted by molar-refractivity contribution is 0.0299. The fourth-order valence-electron chi connectivity index (χ4n) is 2.84. The van der Waals surface area contributed by atoms with Crippen molar-refractivity contribution in [3.05, 3.63) is 47.8 Å². The number of hydrogen-bond donors (Lipinski definition) is 1. The zero-order valence-electron chi connectivity index (χ0n) is 13.7. The third kappa shape index (κ3) is 3.51. The van der Waals surface area contributed by atoms with E-state index >= 15 is 0 Å². The SMILES string of the molecule is O=C(c1cc(NCc2ccc3c(c2)OCO3)ccn1)N1CCOCC1. The van der Waals surface area contributed by atoms with Crippen LogP contribution in [-0.2, 0) is 11.3 Å². The lowest BCUT2D eigenvalue weighted by Gasteiger charge is -2.26. The predicted octanol–water partition coefficient (Wildman–Crippen LogP) is 1.89. The van der Waals surface area contributed by atoms with Gasteiger partial charge in [0.1, 0.15) is 5.69 Å². The molecule has 1 aromatic carbocycles. The third-order valence-electron chi connectivity index (χ3n) is 4.21. The number of benzene rings is 1. The van der Waals surface area contributed by atoms with Gasteiger partial charge in [0, 0.05) is 31.5 Å². The topological polar surface area (TPSA) is 72.9 Å². The molecule has 130 valence electrons. The average Bonchev–Trinajstić information content (AvgIpc) is 3.14. The van der Waals surface area contributed by atoms with Crippen LogP contribution < -0.4 is 14.8 Å². The number of amides is 1. The molecule has 0 saturated carbocycles. The molecule has 2 aliphatic heterocycles. The van der Waals surface area contributed by atoms with E-state index in [1.54, 1.807) is 17.2 Å². The first-order chi connectivity index (χ1) is 12.3.